The van der Waals surface area contributed by atoms with Gasteiger partial charge in [-0.05, 0) is 31.2 Å². The second-order valence-electron chi connectivity index (χ2n) is 4.18. The van der Waals surface area contributed by atoms with Crippen LogP contribution in [-0.4, -0.2) is 37.1 Å². The fraction of sp³-hybridized carbons (Fsp3) is 0.286. The number of aliphatic carboxylic acids is 1. The van der Waals surface area contributed by atoms with Crippen LogP contribution in [0, 0.1) is 5.82 Å². The molecule has 1 aromatic rings. The van der Waals surface area contributed by atoms with Crippen LogP contribution in [0.1, 0.15) is 12.5 Å². The van der Waals surface area contributed by atoms with Crippen molar-refractivity contribution >= 4 is 23.6 Å². The van der Waals surface area contributed by atoms with Crippen LogP contribution in [0.25, 0.3) is 6.08 Å². The Kier molecular flexibility index (Phi) is 5.71. The van der Waals surface area contributed by atoms with Gasteiger partial charge >= 0.3 is 5.97 Å². The highest BCUT2D eigenvalue weighted by molar-refractivity contribution is 5.88. The summed E-state index contributed by atoms with van der Waals surface area (Å²) >= 11 is 0. The molecule has 0 saturated carbocycles. The summed E-state index contributed by atoms with van der Waals surface area (Å²) in [6, 6.07) is 4.00. The third-order valence-corrected chi connectivity index (χ3v) is 2.56. The number of hydrogen-bond acceptors (Lipinski definition) is 3. The van der Waals surface area contributed by atoms with E-state index in [2.05, 4.69) is 5.32 Å². The topological polar surface area (TPSA) is 69.6 Å². The van der Waals surface area contributed by atoms with E-state index in [9.17, 15) is 14.0 Å². The van der Waals surface area contributed by atoms with Crippen LogP contribution < -0.4 is 10.2 Å². The average Bonchev–Trinajstić information content (AvgIpc) is 2.36. The minimum atomic E-state index is -1.12. The number of carbonyl (C=O) groups is 2. The molecule has 0 atom stereocenters. The van der Waals surface area contributed by atoms with Gasteiger partial charge in [-0.25, -0.2) is 9.18 Å². The first-order chi connectivity index (χ1) is 9.43. The number of amides is 1. The lowest BCUT2D eigenvalue weighted by molar-refractivity contribution is -0.131. The van der Waals surface area contributed by atoms with E-state index in [0.29, 0.717) is 17.8 Å². The zero-order valence-electron chi connectivity index (χ0n) is 11.4. The van der Waals surface area contributed by atoms with E-state index >= 15 is 0 Å². The fourth-order valence-corrected chi connectivity index (χ4v) is 1.72. The summed E-state index contributed by atoms with van der Waals surface area (Å²) in [5.41, 5.74) is 0.981. The number of nitrogens with zero attached hydrogens (tertiary/aromatic N) is 1. The lowest BCUT2D eigenvalue weighted by atomic mass is 10.1. The van der Waals surface area contributed by atoms with Crippen molar-refractivity contribution < 1.29 is 19.1 Å². The highest BCUT2D eigenvalue weighted by Crippen LogP contribution is 2.22. The standard InChI is InChI=1S/C14H17FN2O3/c1-3-16-13(18)9-17(2)12-6-5-11(15)8-10(12)4-7-14(19)20/h4-8H,3,9H2,1-2H3,(H,16,18)(H,19,20). The number of nitrogens with one attached hydrogen (secondary N) is 1. The number of hydrogen-bond donors (Lipinski definition) is 2. The summed E-state index contributed by atoms with van der Waals surface area (Å²) < 4.78 is 13.2. The fourth-order valence-electron chi connectivity index (χ4n) is 1.72. The number of benzene rings is 1. The van der Waals surface area contributed by atoms with Crippen molar-refractivity contribution in [1.29, 1.82) is 0 Å². The van der Waals surface area contributed by atoms with Gasteiger partial charge in [-0.2, -0.15) is 0 Å². The summed E-state index contributed by atoms with van der Waals surface area (Å²) in [4.78, 5) is 23.7. The SMILES string of the molecule is CCNC(=O)CN(C)c1ccc(F)cc1C=CC(=O)O. The number of carboxylic acid groups (broad SMARTS) is 1. The lowest BCUT2D eigenvalue weighted by Crippen LogP contribution is -2.35. The van der Waals surface area contributed by atoms with Crippen molar-refractivity contribution in [2.24, 2.45) is 0 Å². The minimum Gasteiger partial charge on any atom is -0.478 e. The van der Waals surface area contributed by atoms with E-state index in [1.807, 2.05) is 6.92 Å². The molecule has 0 radical (unpaired) electrons. The molecule has 0 aliphatic rings. The molecule has 0 aliphatic heterocycles. The molecular formula is C14H17FN2O3. The molecule has 108 valence electrons. The zero-order valence-corrected chi connectivity index (χ0v) is 11.4. The van der Waals surface area contributed by atoms with Crippen molar-refractivity contribution in [2.75, 3.05) is 25.0 Å². The summed E-state index contributed by atoms with van der Waals surface area (Å²) in [6.45, 7) is 2.45. The third kappa shape index (κ3) is 4.72. The van der Waals surface area contributed by atoms with E-state index in [4.69, 9.17) is 5.11 Å². The van der Waals surface area contributed by atoms with E-state index < -0.39 is 11.8 Å². The van der Waals surface area contributed by atoms with Crippen LogP contribution in [0.2, 0.25) is 0 Å². The van der Waals surface area contributed by atoms with Gasteiger partial charge in [-0.15, -0.1) is 0 Å². The van der Waals surface area contributed by atoms with E-state index in [0.717, 1.165) is 6.08 Å². The normalized spacial score (nSPS) is 10.6. The molecule has 0 aliphatic carbocycles. The molecule has 2 N–H and O–H groups in total. The molecule has 1 aromatic carbocycles. The van der Waals surface area contributed by atoms with E-state index in [1.54, 1.807) is 11.9 Å². The molecule has 1 amide bonds. The molecule has 0 unspecified atom stereocenters. The quantitative estimate of drug-likeness (QED) is 0.775. The van der Waals surface area contributed by atoms with Crippen LogP contribution in [-0.2, 0) is 9.59 Å². The molecule has 0 saturated heterocycles. The maximum absolute atomic E-state index is 13.2. The van der Waals surface area contributed by atoms with Gasteiger partial charge < -0.3 is 15.3 Å². The number of halogens is 1. The maximum atomic E-state index is 13.2. The first kappa shape index (κ1) is 15.7. The summed E-state index contributed by atoms with van der Waals surface area (Å²) in [7, 11) is 1.68. The summed E-state index contributed by atoms with van der Waals surface area (Å²) in [6.07, 6.45) is 2.23. The first-order valence-electron chi connectivity index (χ1n) is 6.12. The largest absolute Gasteiger partial charge is 0.478 e. The van der Waals surface area contributed by atoms with Gasteiger partial charge in [0.1, 0.15) is 5.82 Å². The van der Waals surface area contributed by atoms with Crippen LogP contribution >= 0.6 is 0 Å². The molecule has 0 aromatic heterocycles. The van der Waals surface area contributed by atoms with Crippen LogP contribution in [0.3, 0.4) is 0 Å². The Hall–Kier alpha value is -2.37. The molecule has 1 rings (SSSR count). The predicted octanol–water partition coefficient (Wildman–Crippen LogP) is 1.50. The van der Waals surface area contributed by atoms with Crippen molar-refractivity contribution in [3.63, 3.8) is 0 Å². The number of likely N-dealkylation sites (N-methyl/N-ethyl adjacent to an activating group) is 2. The van der Waals surface area contributed by atoms with E-state index in [1.165, 1.54) is 24.3 Å². The monoisotopic (exact) mass is 280 g/mol. The Balaban J connectivity index is 2.98. The van der Waals surface area contributed by atoms with Crippen molar-refractivity contribution in [2.45, 2.75) is 6.92 Å². The highest BCUT2D eigenvalue weighted by Gasteiger charge is 2.10. The lowest BCUT2D eigenvalue weighted by Gasteiger charge is -2.20. The van der Waals surface area contributed by atoms with Gasteiger partial charge in [0.25, 0.3) is 0 Å². The third-order valence-electron chi connectivity index (χ3n) is 2.56. The summed E-state index contributed by atoms with van der Waals surface area (Å²) in [5, 5.41) is 11.3. The molecule has 0 spiro atoms. The predicted molar refractivity (Wildman–Crippen MR) is 75.0 cm³/mol. The minimum absolute atomic E-state index is 0.105. The number of carboxylic acids is 1. The van der Waals surface area contributed by atoms with Gasteiger partial charge in [0.2, 0.25) is 5.91 Å². The van der Waals surface area contributed by atoms with Crippen molar-refractivity contribution in [3.8, 4) is 0 Å². The Morgan fingerprint density at radius 3 is 2.75 bits per heavy atom. The van der Waals surface area contributed by atoms with Crippen LogP contribution in [0.15, 0.2) is 24.3 Å². The Morgan fingerprint density at radius 1 is 1.45 bits per heavy atom. The smallest absolute Gasteiger partial charge is 0.328 e. The molecule has 6 heteroatoms. The molecular weight excluding hydrogens is 263 g/mol. The number of anilines is 1. The second kappa shape index (κ2) is 7.28. The Labute approximate surface area is 116 Å². The molecule has 0 fully saturated rings. The number of carbonyl (C=O) groups excluding carboxylic acids is 1. The highest BCUT2D eigenvalue weighted by atomic mass is 19.1. The average molecular weight is 280 g/mol. The molecule has 0 heterocycles. The van der Waals surface area contributed by atoms with Gasteiger partial charge in [-0.1, -0.05) is 0 Å². The zero-order chi connectivity index (χ0) is 15.1. The van der Waals surface area contributed by atoms with E-state index in [-0.39, 0.29) is 12.5 Å². The van der Waals surface area contributed by atoms with Gasteiger partial charge in [0.15, 0.2) is 0 Å². The Bertz CT molecular complexity index is 529. The first-order valence-corrected chi connectivity index (χ1v) is 6.12. The van der Waals surface area contributed by atoms with Gasteiger partial charge in [-0.3, -0.25) is 4.79 Å². The van der Waals surface area contributed by atoms with Crippen molar-refractivity contribution in [3.05, 3.63) is 35.7 Å². The van der Waals surface area contributed by atoms with Crippen molar-refractivity contribution in [1.82, 2.24) is 5.32 Å². The van der Waals surface area contributed by atoms with Crippen LogP contribution in [0.5, 0.6) is 0 Å². The molecule has 0 bridgehead atoms. The maximum Gasteiger partial charge on any atom is 0.328 e. The molecule has 20 heavy (non-hydrogen) atoms. The Morgan fingerprint density at radius 2 is 2.15 bits per heavy atom. The summed E-state index contributed by atoms with van der Waals surface area (Å²) in [5.74, 6) is -1.75. The molecule has 5 nitrogen and oxygen atoms in total. The second-order valence-corrected chi connectivity index (χ2v) is 4.18. The van der Waals surface area contributed by atoms with Gasteiger partial charge in [0, 0.05) is 30.9 Å². The van der Waals surface area contributed by atoms with Crippen LogP contribution in [0.4, 0.5) is 10.1 Å². The number of rotatable bonds is 6. The van der Waals surface area contributed by atoms with Gasteiger partial charge in [0.05, 0.1) is 6.54 Å².